The molecule has 1 atom stereocenters. The van der Waals surface area contributed by atoms with Crippen molar-refractivity contribution in [2.45, 2.75) is 39.0 Å². The summed E-state index contributed by atoms with van der Waals surface area (Å²) in [6.07, 6.45) is 1.11. The van der Waals surface area contributed by atoms with Crippen molar-refractivity contribution in [2.24, 2.45) is 11.1 Å². The van der Waals surface area contributed by atoms with E-state index in [2.05, 4.69) is 0 Å². The van der Waals surface area contributed by atoms with Gasteiger partial charge in [-0.1, -0.05) is 19.9 Å². The minimum atomic E-state index is -0.535. The van der Waals surface area contributed by atoms with Crippen LogP contribution >= 0.6 is 0 Å². The maximum atomic E-state index is 13.5. The standard InChI is InChI=1S/C26H28N2O5/c1-26(2)13-20-24(21(29)14-26)19(18-10-9-17(32-3)11-22(18)33-4)12-23(30)28(20)16-7-5-15(6-8-16)25(27)31/h5-11,19H,12-14H2,1-4H3,(H2,27,31). The van der Waals surface area contributed by atoms with Crippen LogP contribution < -0.4 is 20.1 Å². The zero-order chi connectivity index (χ0) is 23.9. The number of ether oxygens (including phenoxy) is 2. The van der Waals surface area contributed by atoms with Gasteiger partial charge in [0.05, 0.1) is 14.2 Å². The Bertz CT molecular complexity index is 1160. The second-order valence-corrected chi connectivity index (χ2v) is 9.31. The number of hydrogen-bond acceptors (Lipinski definition) is 5. The number of primary amides is 1. The first-order chi connectivity index (χ1) is 15.6. The number of carbonyl (C=O) groups excluding carboxylic acids is 3. The fourth-order valence-corrected chi connectivity index (χ4v) is 4.86. The number of ketones is 1. The van der Waals surface area contributed by atoms with Crippen LogP contribution in [0.5, 0.6) is 11.5 Å². The maximum absolute atomic E-state index is 13.5. The van der Waals surface area contributed by atoms with Crippen LogP contribution in [-0.4, -0.2) is 31.8 Å². The number of nitrogens with two attached hydrogens (primary N) is 1. The highest BCUT2D eigenvalue weighted by Crippen LogP contribution is 2.49. The molecule has 0 bridgehead atoms. The number of amides is 2. The highest BCUT2D eigenvalue weighted by Gasteiger charge is 2.45. The molecule has 0 saturated carbocycles. The summed E-state index contributed by atoms with van der Waals surface area (Å²) in [5.74, 6) is 0.199. The lowest BCUT2D eigenvalue weighted by Gasteiger charge is -2.43. The fourth-order valence-electron chi connectivity index (χ4n) is 4.86. The first kappa shape index (κ1) is 22.6. The fraction of sp³-hybridized carbons (Fsp3) is 0.346. The molecule has 1 aliphatic carbocycles. The Labute approximate surface area is 193 Å². The van der Waals surface area contributed by atoms with Gasteiger partial charge >= 0.3 is 0 Å². The van der Waals surface area contributed by atoms with Gasteiger partial charge in [0.2, 0.25) is 11.8 Å². The van der Waals surface area contributed by atoms with Gasteiger partial charge in [-0.05, 0) is 42.2 Å². The molecule has 0 saturated heterocycles. The van der Waals surface area contributed by atoms with Gasteiger partial charge in [0.15, 0.2) is 5.78 Å². The van der Waals surface area contributed by atoms with Gasteiger partial charge in [-0.2, -0.15) is 0 Å². The molecule has 1 unspecified atom stereocenters. The lowest BCUT2D eigenvalue weighted by atomic mass is 9.69. The van der Waals surface area contributed by atoms with E-state index < -0.39 is 11.8 Å². The molecule has 7 nitrogen and oxygen atoms in total. The Morgan fingerprint density at radius 3 is 2.33 bits per heavy atom. The highest BCUT2D eigenvalue weighted by atomic mass is 16.5. The SMILES string of the molecule is COc1ccc(C2CC(=O)N(c3ccc(C(N)=O)cc3)C3=C2C(=O)CC(C)(C)C3)c(OC)c1. The van der Waals surface area contributed by atoms with Crippen LogP contribution in [-0.2, 0) is 9.59 Å². The molecule has 1 heterocycles. The van der Waals surface area contributed by atoms with Gasteiger partial charge in [0, 0.05) is 52.9 Å². The number of rotatable bonds is 5. The number of methoxy groups -OCH3 is 2. The molecule has 2 aliphatic rings. The lowest BCUT2D eigenvalue weighted by Crippen LogP contribution is -2.43. The molecule has 1 aliphatic heterocycles. The van der Waals surface area contributed by atoms with E-state index in [0.717, 1.165) is 5.56 Å². The molecule has 2 aromatic rings. The second kappa shape index (κ2) is 8.39. The van der Waals surface area contributed by atoms with Crippen molar-refractivity contribution in [1.29, 1.82) is 0 Å². The number of hydrogen-bond donors (Lipinski definition) is 1. The first-order valence-corrected chi connectivity index (χ1v) is 10.9. The molecule has 0 radical (unpaired) electrons. The predicted octanol–water partition coefficient (Wildman–Crippen LogP) is 3.97. The summed E-state index contributed by atoms with van der Waals surface area (Å²) in [7, 11) is 3.14. The summed E-state index contributed by atoms with van der Waals surface area (Å²) < 4.78 is 10.9. The molecule has 7 heteroatoms. The monoisotopic (exact) mass is 448 g/mol. The van der Waals surface area contributed by atoms with Crippen molar-refractivity contribution >= 4 is 23.3 Å². The van der Waals surface area contributed by atoms with Crippen LogP contribution in [0.15, 0.2) is 53.7 Å². The number of anilines is 1. The molecule has 4 rings (SSSR count). The van der Waals surface area contributed by atoms with Gasteiger partial charge in [0.1, 0.15) is 11.5 Å². The van der Waals surface area contributed by atoms with E-state index in [9.17, 15) is 14.4 Å². The second-order valence-electron chi connectivity index (χ2n) is 9.31. The molecule has 0 aromatic heterocycles. The molecular weight excluding hydrogens is 420 g/mol. The maximum Gasteiger partial charge on any atom is 0.248 e. The summed E-state index contributed by atoms with van der Waals surface area (Å²) in [5, 5.41) is 0. The number of allylic oxidation sites excluding steroid dienone is 2. The van der Waals surface area contributed by atoms with Crippen LogP contribution in [0.1, 0.15) is 54.9 Å². The van der Waals surface area contributed by atoms with Crippen molar-refractivity contribution in [3.63, 3.8) is 0 Å². The minimum Gasteiger partial charge on any atom is -0.497 e. The Morgan fingerprint density at radius 2 is 1.73 bits per heavy atom. The van der Waals surface area contributed by atoms with Gasteiger partial charge in [0.25, 0.3) is 0 Å². The number of nitrogens with zero attached hydrogens (tertiary/aromatic N) is 1. The smallest absolute Gasteiger partial charge is 0.248 e. The zero-order valence-corrected chi connectivity index (χ0v) is 19.3. The van der Waals surface area contributed by atoms with Crippen LogP contribution in [0, 0.1) is 5.41 Å². The Hall–Kier alpha value is -3.61. The molecule has 2 aromatic carbocycles. The summed E-state index contributed by atoms with van der Waals surface area (Å²) >= 11 is 0. The van der Waals surface area contributed by atoms with E-state index in [-0.39, 0.29) is 23.5 Å². The number of benzene rings is 2. The van der Waals surface area contributed by atoms with Crippen LogP contribution in [0.4, 0.5) is 5.69 Å². The first-order valence-electron chi connectivity index (χ1n) is 10.9. The average Bonchev–Trinajstić information content (AvgIpc) is 2.77. The molecule has 172 valence electrons. The van der Waals surface area contributed by atoms with Crippen molar-refractivity contribution in [2.75, 3.05) is 19.1 Å². The van der Waals surface area contributed by atoms with Crippen LogP contribution in [0.2, 0.25) is 0 Å². The summed E-state index contributed by atoms with van der Waals surface area (Å²) in [6, 6.07) is 12.0. The van der Waals surface area contributed by atoms with E-state index in [1.54, 1.807) is 49.5 Å². The summed E-state index contributed by atoms with van der Waals surface area (Å²) in [6.45, 7) is 4.07. The van der Waals surface area contributed by atoms with Crippen molar-refractivity contribution in [1.82, 2.24) is 0 Å². The summed E-state index contributed by atoms with van der Waals surface area (Å²) in [5.41, 5.74) is 8.20. The van der Waals surface area contributed by atoms with E-state index in [1.165, 1.54) is 0 Å². The van der Waals surface area contributed by atoms with Crippen LogP contribution in [0.3, 0.4) is 0 Å². The number of carbonyl (C=O) groups is 3. The van der Waals surface area contributed by atoms with Gasteiger partial charge in [-0.3, -0.25) is 19.3 Å². The van der Waals surface area contributed by atoms with Gasteiger partial charge < -0.3 is 15.2 Å². The Kier molecular flexibility index (Phi) is 5.74. The molecule has 2 N–H and O–H groups in total. The zero-order valence-electron chi connectivity index (χ0n) is 19.3. The van der Waals surface area contributed by atoms with Gasteiger partial charge in [-0.15, -0.1) is 0 Å². The predicted molar refractivity (Wildman–Crippen MR) is 124 cm³/mol. The van der Waals surface area contributed by atoms with E-state index >= 15 is 0 Å². The third-order valence-corrected chi connectivity index (χ3v) is 6.37. The van der Waals surface area contributed by atoms with Crippen LogP contribution in [0.25, 0.3) is 0 Å². The van der Waals surface area contributed by atoms with Crippen molar-refractivity contribution in [3.05, 3.63) is 64.9 Å². The van der Waals surface area contributed by atoms with Crippen molar-refractivity contribution in [3.8, 4) is 11.5 Å². The van der Waals surface area contributed by atoms with E-state index in [4.69, 9.17) is 15.2 Å². The quantitative estimate of drug-likeness (QED) is 0.746. The summed E-state index contributed by atoms with van der Waals surface area (Å²) in [4.78, 5) is 40.1. The van der Waals surface area contributed by atoms with E-state index in [0.29, 0.717) is 46.9 Å². The normalized spacial score (nSPS) is 19.9. The van der Waals surface area contributed by atoms with Gasteiger partial charge in [-0.25, -0.2) is 0 Å². The lowest BCUT2D eigenvalue weighted by molar-refractivity contribution is -0.121. The molecule has 33 heavy (non-hydrogen) atoms. The topological polar surface area (TPSA) is 98.9 Å². The van der Waals surface area contributed by atoms with E-state index in [1.807, 2.05) is 26.0 Å². The third kappa shape index (κ3) is 4.11. The highest BCUT2D eigenvalue weighted by molar-refractivity contribution is 6.08. The molecule has 0 fully saturated rings. The Balaban J connectivity index is 1.88. The average molecular weight is 449 g/mol. The largest absolute Gasteiger partial charge is 0.497 e. The Morgan fingerprint density at radius 1 is 1.03 bits per heavy atom. The molecular formula is C26H28N2O5. The minimum absolute atomic E-state index is 0.0374. The molecule has 2 amide bonds. The van der Waals surface area contributed by atoms with Crippen molar-refractivity contribution < 1.29 is 23.9 Å². The third-order valence-electron chi connectivity index (χ3n) is 6.37. The molecule has 0 spiro atoms. The number of Topliss-reactive ketones (excluding diaryl/α,β-unsaturated/α-hetero) is 1.